The normalized spacial score (nSPS) is 27.9. The van der Waals surface area contributed by atoms with E-state index < -0.39 is 17.9 Å². The van der Waals surface area contributed by atoms with Gasteiger partial charge in [-0.15, -0.1) is 0 Å². The van der Waals surface area contributed by atoms with E-state index in [1.807, 2.05) is 35.4 Å². The fourth-order valence-corrected chi connectivity index (χ4v) is 7.38. The summed E-state index contributed by atoms with van der Waals surface area (Å²) in [6.07, 6.45) is 5.63. The van der Waals surface area contributed by atoms with Crippen molar-refractivity contribution in [1.82, 2.24) is 9.80 Å². The molecule has 7 rings (SSSR count). The maximum absolute atomic E-state index is 14.1. The van der Waals surface area contributed by atoms with Gasteiger partial charge in [0.2, 0.25) is 17.7 Å². The minimum absolute atomic E-state index is 0.0449. The number of carbonyl (C=O) groups is 3. The van der Waals surface area contributed by atoms with Gasteiger partial charge in [-0.2, -0.15) is 11.8 Å². The third kappa shape index (κ3) is 3.10. The molecule has 2 aromatic rings. The number of amides is 3. The quantitative estimate of drug-likeness (QED) is 0.615. The van der Waals surface area contributed by atoms with Crippen LogP contribution in [0.2, 0.25) is 0 Å². The van der Waals surface area contributed by atoms with E-state index in [0.717, 1.165) is 38.1 Å². The summed E-state index contributed by atoms with van der Waals surface area (Å²) in [5.74, 6) is -0.705. The zero-order valence-electron chi connectivity index (χ0n) is 19.5. The summed E-state index contributed by atoms with van der Waals surface area (Å²) in [6, 6.07) is 15.9. The summed E-state index contributed by atoms with van der Waals surface area (Å²) in [6.45, 7) is 1.44. The smallest absolute Gasteiger partial charge is 0.245 e. The molecule has 0 saturated carbocycles. The number of piperidine rings is 1. The molecule has 3 amide bonds. The first-order valence-electron chi connectivity index (χ1n) is 12.5. The van der Waals surface area contributed by atoms with Crippen LogP contribution in [-0.4, -0.2) is 58.7 Å². The highest BCUT2D eigenvalue weighted by Gasteiger charge is 2.63. The fraction of sp³-hybridized carbons (Fsp3) is 0.464. The molecule has 176 valence electrons. The van der Waals surface area contributed by atoms with Crippen molar-refractivity contribution in [2.75, 3.05) is 25.1 Å². The van der Waals surface area contributed by atoms with E-state index >= 15 is 0 Å². The minimum Gasteiger partial charge on any atom is -0.341 e. The van der Waals surface area contributed by atoms with Crippen molar-refractivity contribution in [3.8, 4) is 0 Å². The van der Waals surface area contributed by atoms with E-state index in [9.17, 15) is 14.4 Å². The number of carbonyl (C=O) groups excluding carboxylic acids is 3. The molecule has 3 aliphatic carbocycles. The summed E-state index contributed by atoms with van der Waals surface area (Å²) in [7, 11) is 0. The molecule has 2 aliphatic heterocycles. The van der Waals surface area contributed by atoms with Crippen LogP contribution in [-0.2, 0) is 14.4 Å². The summed E-state index contributed by atoms with van der Waals surface area (Å²) >= 11 is 1.65. The van der Waals surface area contributed by atoms with Gasteiger partial charge in [-0.05, 0) is 59.9 Å². The second kappa shape index (κ2) is 8.56. The van der Waals surface area contributed by atoms with Gasteiger partial charge in [0, 0.05) is 24.9 Å². The van der Waals surface area contributed by atoms with Gasteiger partial charge in [-0.25, -0.2) is 0 Å². The van der Waals surface area contributed by atoms with Gasteiger partial charge in [0.25, 0.3) is 0 Å². The lowest BCUT2D eigenvalue weighted by atomic mass is 9.55. The monoisotopic (exact) mass is 474 g/mol. The number of hydrogen-bond acceptors (Lipinski definition) is 4. The molecular formula is C28H30N2O3S. The summed E-state index contributed by atoms with van der Waals surface area (Å²) in [5, 5.41) is 0. The number of rotatable bonds is 5. The standard InChI is InChI=1S/C28H30N2O3S/c1-34-16-13-21(26(31)29-14-7-2-8-15-29)30-27(32)24-22-17-9-3-4-10-18(17)23(25(24)28(30)33)20-12-6-5-11-19(20)22/h3-6,9-12,21-25H,2,7-8,13-16H2,1H3/t21-,22?,23?,24-,25+/m1/s1. The molecule has 5 aliphatic rings. The van der Waals surface area contributed by atoms with Gasteiger partial charge in [0.1, 0.15) is 6.04 Å². The molecule has 0 spiro atoms. The molecular weight excluding hydrogens is 444 g/mol. The van der Waals surface area contributed by atoms with Crippen LogP contribution in [0.5, 0.6) is 0 Å². The minimum atomic E-state index is -0.693. The Morgan fingerprint density at radius 3 is 1.76 bits per heavy atom. The van der Waals surface area contributed by atoms with Gasteiger partial charge < -0.3 is 4.90 Å². The Morgan fingerprint density at radius 1 is 0.853 bits per heavy atom. The maximum atomic E-state index is 14.1. The Bertz CT molecular complexity index is 1040. The molecule has 0 N–H and O–H groups in total. The van der Waals surface area contributed by atoms with Crippen LogP contribution in [0, 0.1) is 11.8 Å². The molecule has 6 heteroatoms. The zero-order valence-corrected chi connectivity index (χ0v) is 20.3. The Balaban J connectivity index is 1.42. The third-order valence-electron chi connectivity index (χ3n) is 8.34. The predicted octanol–water partition coefficient (Wildman–Crippen LogP) is 4.01. The molecule has 2 bridgehead atoms. The number of benzene rings is 2. The molecule has 2 fully saturated rings. The van der Waals surface area contributed by atoms with Crippen molar-refractivity contribution < 1.29 is 14.4 Å². The van der Waals surface area contributed by atoms with Crippen LogP contribution in [0.15, 0.2) is 48.5 Å². The molecule has 2 aromatic carbocycles. The Morgan fingerprint density at radius 2 is 1.32 bits per heavy atom. The van der Waals surface area contributed by atoms with Gasteiger partial charge >= 0.3 is 0 Å². The van der Waals surface area contributed by atoms with E-state index in [0.29, 0.717) is 6.42 Å². The second-order valence-electron chi connectivity index (χ2n) is 9.99. The van der Waals surface area contributed by atoms with Gasteiger partial charge in [0.05, 0.1) is 11.8 Å². The topological polar surface area (TPSA) is 57.7 Å². The largest absolute Gasteiger partial charge is 0.341 e. The van der Waals surface area contributed by atoms with Crippen molar-refractivity contribution in [2.24, 2.45) is 11.8 Å². The number of likely N-dealkylation sites (tertiary alicyclic amines) is 2. The summed E-state index contributed by atoms with van der Waals surface area (Å²) < 4.78 is 0. The summed E-state index contributed by atoms with van der Waals surface area (Å²) in [5.41, 5.74) is 4.66. The third-order valence-corrected chi connectivity index (χ3v) is 8.99. The fourth-order valence-electron chi connectivity index (χ4n) is 6.93. The van der Waals surface area contributed by atoms with Crippen molar-refractivity contribution in [1.29, 1.82) is 0 Å². The van der Waals surface area contributed by atoms with E-state index in [1.165, 1.54) is 27.2 Å². The first-order chi connectivity index (χ1) is 16.6. The Hall–Kier alpha value is -2.60. The van der Waals surface area contributed by atoms with Crippen LogP contribution < -0.4 is 0 Å². The second-order valence-corrected chi connectivity index (χ2v) is 11.0. The molecule has 0 unspecified atom stereocenters. The first-order valence-corrected chi connectivity index (χ1v) is 13.8. The molecule has 3 atom stereocenters. The molecule has 2 saturated heterocycles. The van der Waals surface area contributed by atoms with Crippen LogP contribution in [0.3, 0.4) is 0 Å². The average molecular weight is 475 g/mol. The lowest BCUT2D eigenvalue weighted by molar-refractivity contribution is -0.152. The van der Waals surface area contributed by atoms with Crippen molar-refractivity contribution in [3.63, 3.8) is 0 Å². The van der Waals surface area contributed by atoms with Crippen LogP contribution in [0.4, 0.5) is 0 Å². The zero-order chi connectivity index (χ0) is 23.4. The highest BCUT2D eigenvalue weighted by molar-refractivity contribution is 7.98. The first kappa shape index (κ1) is 21.9. The molecule has 34 heavy (non-hydrogen) atoms. The average Bonchev–Trinajstić information content (AvgIpc) is 3.15. The van der Waals surface area contributed by atoms with Crippen LogP contribution in [0.25, 0.3) is 0 Å². The highest BCUT2D eigenvalue weighted by atomic mass is 32.2. The van der Waals surface area contributed by atoms with Crippen molar-refractivity contribution in [3.05, 3.63) is 70.8 Å². The van der Waals surface area contributed by atoms with Gasteiger partial charge in [-0.3, -0.25) is 19.3 Å². The molecule has 2 heterocycles. The van der Waals surface area contributed by atoms with Crippen LogP contribution in [0.1, 0.15) is 59.8 Å². The van der Waals surface area contributed by atoms with Crippen molar-refractivity contribution in [2.45, 2.75) is 43.6 Å². The van der Waals surface area contributed by atoms with Gasteiger partial charge in [0.15, 0.2) is 0 Å². The molecule has 5 nitrogen and oxygen atoms in total. The van der Waals surface area contributed by atoms with Gasteiger partial charge in [-0.1, -0.05) is 48.5 Å². The molecule has 0 aromatic heterocycles. The lowest BCUT2D eigenvalue weighted by Gasteiger charge is -2.45. The highest BCUT2D eigenvalue weighted by Crippen LogP contribution is 2.61. The van der Waals surface area contributed by atoms with Crippen LogP contribution >= 0.6 is 11.8 Å². The molecule has 0 radical (unpaired) electrons. The maximum Gasteiger partial charge on any atom is 0.245 e. The van der Waals surface area contributed by atoms with E-state index in [-0.39, 0.29) is 29.6 Å². The number of nitrogens with zero attached hydrogens (tertiary/aromatic N) is 2. The summed E-state index contributed by atoms with van der Waals surface area (Å²) in [4.78, 5) is 45.1. The number of imide groups is 1. The van der Waals surface area contributed by atoms with E-state index in [2.05, 4.69) is 24.3 Å². The van der Waals surface area contributed by atoms with Crippen molar-refractivity contribution >= 4 is 29.5 Å². The predicted molar refractivity (Wildman–Crippen MR) is 133 cm³/mol. The Kier molecular flexibility index (Phi) is 5.51. The Labute approximate surface area is 204 Å². The lowest BCUT2D eigenvalue weighted by Crippen LogP contribution is -2.52. The SMILES string of the molecule is CSCC[C@H](C(=O)N1CCCCC1)N1C(=O)[C@@H]2C3c4ccccc4C(c4ccccc43)[C@@H]2C1=O. The van der Waals surface area contributed by atoms with E-state index in [1.54, 1.807) is 11.8 Å². The number of hydrogen-bond donors (Lipinski definition) is 0. The number of thioether (sulfide) groups is 1. The van der Waals surface area contributed by atoms with E-state index in [4.69, 9.17) is 0 Å².